The Kier molecular flexibility index (Phi) is 3.64. The van der Waals surface area contributed by atoms with Crippen LogP contribution in [0.3, 0.4) is 0 Å². The minimum Gasteiger partial charge on any atom is -0.313 e. The smallest absolute Gasteiger partial charge is 0.266 e. The van der Waals surface area contributed by atoms with Crippen LogP contribution in [0.5, 0.6) is 0 Å². The molecule has 13 heavy (non-hydrogen) atoms. The molecular formula is C9H15N3O. The van der Waals surface area contributed by atoms with E-state index in [-0.39, 0.29) is 5.56 Å². The van der Waals surface area contributed by atoms with Crippen LogP contribution in [-0.2, 0) is 6.54 Å². The zero-order valence-corrected chi connectivity index (χ0v) is 8.03. The zero-order valence-electron chi connectivity index (χ0n) is 8.03. The van der Waals surface area contributed by atoms with Gasteiger partial charge in [0.2, 0.25) is 0 Å². The zero-order chi connectivity index (χ0) is 9.68. The van der Waals surface area contributed by atoms with Gasteiger partial charge in [0.15, 0.2) is 0 Å². The van der Waals surface area contributed by atoms with Gasteiger partial charge in [0.25, 0.3) is 5.56 Å². The molecule has 1 rings (SSSR count). The van der Waals surface area contributed by atoms with E-state index < -0.39 is 0 Å². The number of hydrogen-bond donors (Lipinski definition) is 1. The average Bonchev–Trinajstić information content (AvgIpc) is 2.08. The van der Waals surface area contributed by atoms with Gasteiger partial charge in [0.05, 0.1) is 6.54 Å². The number of hydrogen-bond acceptors (Lipinski definition) is 3. The van der Waals surface area contributed by atoms with Crippen molar-refractivity contribution in [2.45, 2.75) is 26.4 Å². The molecule has 0 atom stereocenters. The van der Waals surface area contributed by atoms with Crippen LogP contribution in [0.4, 0.5) is 0 Å². The van der Waals surface area contributed by atoms with E-state index in [1.807, 2.05) is 0 Å². The van der Waals surface area contributed by atoms with Crippen LogP contribution >= 0.6 is 0 Å². The van der Waals surface area contributed by atoms with Crippen molar-refractivity contribution >= 4 is 0 Å². The summed E-state index contributed by atoms with van der Waals surface area (Å²) in [6, 6.07) is 3.61. The molecule has 1 aromatic heterocycles. The Balaban J connectivity index is 2.46. The maximum Gasteiger partial charge on any atom is 0.266 e. The molecule has 0 aliphatic rings. The molecule has 0 unspecified atom stereocenters. The first-order chi connectivity index (χ1) is 6.20. The van der Waals surface area contributed by atoms with Crippen molar-refractivity contribution in [2.24, 2.45) is 0 Å². The first-order valence-electron chi connectivity index (χ1n) is 4.45. The standard InChI is InChI=1S/C9H15N3O/c1-8(2)10-6-7-12-9(13)4-3-5-11-12/h3-5,8,10H,6-7H2,1-2H3. The molecule has 0 amide bonds. The quantitative estimate of drug-likeness (QED) is 0.724. The maximum absolute atomic E-state index is 11.2. The fraction of sp³-hybridized carbons (Fsp3) is 0.556. The van der Waals surface area contributed by atoms with Crippen LogP contribution in [0.1, 0.15) is 13.8 Å². The Hall–Kier alpha value is -1.16. The molecule has 1 N–H and O–H groups in total. The summed E-state index contributed by atoms with van der Waals surface area (Å²) in [5.74, 6) is 0. The summed E-state index contributed by atoms with van der Waals surface area (Å²) in [5, 5.41) is 7.16. The topological polar surface area (TPSA) is 46.9 Å². The predicted octanol–water partition coefficient (Wildman–Crippen LogP) is 0.241. The van der Waals surface area contributed by atoms with E-state index in [4.69, 9.17) is 0 Å². The summed E-state index contributed by atoms with van der Waals surface area (Å²) < 4.78 is 1.45. The number of nitrogens with one attached hydrogen (secondary N) is 1. The Bertz CT molecular complexity index is 306. The van der Waals surface area contributed by atoms with Crippen LogP contribution in [0.25, 0.3) is 0 Å². The Morgan fingerprint density at radius 2 is 2.38 bits per heavy atom. The first kappa shape index (κ1) is 9.92. The van der Waals surface area contributed by atoms with Gasteiger partial charge in [0, 0.05) is 24.8 Å². The number of nitrogens with zero attached hydrogens (tertiary/aromatic N) is 2. The van der Waals surface area contributed by atoms with Gasteiger partial charge in [-0.05, 0) is 6.07 Å². The van der Waals surface area contributed by atoms with E-state index in [0.29, 0.717) is 12.6 Å². The highest BCUT2D eigenvalue weighted by Crippen LogP contribution is 1.78. The molecule has 0 aromatic carbocycles. The van der Waals surface area contributed by atoms with E-state index in [1.165, 1.54) is 10.7 Å². The summed E-state index contributed by atoms with van der Waals surface area (Å²) in [6.45, 7) is 5.54. The lowest BCUT2D eigenvalue weighted by Crippen LogP contribution is -2.31. The summed E-state index contributed by atoms with van der Waals surface area (Å²) >= 11 is 0. The third-order valence-corrected chi connectivity index (χ3v) is 1.66. The monoisotopic (exact) mass is 181 g/mol. The van der Waals surface area contributed by atoms with Gasteiger partial charge in [-0.1, -0.05) is 13.8 Å². The fourth-order valence-electron chi connectivity index (χ4n) is 1.01. The lowest BCUT2D eigenvalue weighted by molar-refractivity contribution is 0.500. The SMILES string of the molecule is CC(C)NCCn1ncccc1=O. The van der Waals surface area contributed by atoms with Crippen LogP contribution in [0.2, 0.25) is 0 Å². The highest BCUT2D eigenvalue weighted by atomic mass is 16.1. The van der Waals surface area contributed by atoms with Gasteiger partial charge in [-0.2, -0.15) is 5.10 Å². The molecule has 4 heteroatoms. The van der Waals surface area contributed by atoms with Crippen molar-refractivity contribution in [1.82, 2.24) is 15.1 Å². The van der Waals surface area contributed by atoms with Gasteiger partial charge in [-0.25, -0.2) is 4.68 Å². The first-order valence-corrected chi connectivity index (χ1v) is 4.45. The van der Waals surface area contributed by atoms with E-state index in [2.05, 4.69) is 24.3 Å². The Morgan fingerprint density at radius 1 is 1.62 bits per heavy atom. The van der Waals surface area contributed by atoms with E-state index in [9.17, 15) is 4.79 Å². The van der Waals surface area contributed by atoms with Gasteiger partial charge in [-0.15, -0.1) is 0 Å². The molecule has 0 aliphatic carbocycles. The van der Waals surface area contributed by atoms with Crippen molar-refractivity contribution in [3.05, 3.63) is 28.7 Å². The number of aromatic nitrogens is 2. The van der Waals surface area contributed by atoms with Crippen molar-refractivity contribution in [3.8, 4) is 0 Å². The van der Waals surface area contributed by atoms with Crippen LogP contribution < -0.4 is 10.9 Å². The maximum atomic E-state index is 11.2. The molecule has 0 bridgehead atoms. The lowest BCUT2D eigenvalue weighted by atomic mass is 10.4. The molecule has 0 radical (unpaired) electrons. The molecule has 1 heterocycles. The molecular weight excluding hydrogens is 166 g/mol. The van der Waals surface area contributed by atoms with Crippen LogP contribution in [0.15, 0.2) is 23.1 Å². The third kappa shape index (κ3) is 3.38. The minimum atomic E-state index is -0.0481. The van der Waals surface area contributed by atoms with Gasteiger partial charge in [-0.3, -0.25) is 4.79 Å². The van der Waals surface area contributed by atoms with Crippen molar-refractivity contribution in [1.29, 1.82) is 0 Å². The molecule has 1 aromatic rings. The third-order valence-electron chi connectivity index (χ3n) is 1.66. The second-order valence-electron chi connectivity index (χ2n) is 3.19. The Labute approximate surface area is 77.6 Å². The minimum absolute atomic E-state index is 0.0481. The van der Waals surface area contributed by atoms with E-state index in [1.54, 1.807) is 12.3 Å². The van der Waals surface area contributed by atoms with Gasteiger partial charge < -0.3 is 5.32 Å². The highest BCUT2D eigenvalue weighted by Gasteiger charge is 1.95. The second kappa shape index (κ2) is 4.77. The summed E-state index contributed by atoms with van der Waals surface area (Å²) in [4.78, 5) is 11.2. The molecule has 0 fully saturated rings. The molecule has 0 spiro atoms. The van der Waals surface area contributed by atoms with Gasteiger partial charge in [0.1, 0.15) is 0 Å². The summed E-state index contributed by atoms with van der Waals surface area (Å²) in [6.07, 6.45) is 1.62. The highest BCUT2D eigenvalue weighted by molar-refractivity contribution is 4.84. The number of rotatable bonds is 4. The Morgan fingerprint density at radius 3 is 3.00 bits per heavy atom. The van der Waals surface area contributed by atoms with Gasteiger partial charge >= 0.3 is 0 Å². The molecule has 0 aliphatic heterocycles. The predicted molar refractivity (Wildman–Crippen MR) is 51.6 cm³/mol. The molecule has 0 saturated carbocycles. The normalized spacial score (nSPS) is 10.7. The fourth-order valence-corrected chi connectivity index (χ4v) is 1.01. The molecule has 0 saturated heterocycles. The molecule has 4 nitrogen and oxygen atoms in total. The lowest BCUT2D eigenvalue weighted by Gasteiger charge is -2.07. The van der Waals surface area contributed by atoms with Crippen molar-refractivity contribution < 1.29 is 0 Å². The van der Waals surface area contributed by atoms with Crippen molar-refractivity contribution in [3.63, 3.8) is 0 Å². The summed E-state index contributed by atoms with van der Waals surface area (Å²) in [7, 11) is 0. The van der Waals surface area contributed by atoms with E-state index in [0.717, 1.165) is 6.54 Å². The van der Waals surface area contributed by atoms with E-state index >= 15 is 0 Å². The van der Waals surface area contributed by atoms with Crippen LogP contribution in [0, 0.1) is 0 Å². The van der Waals surface area contributed by atoms with Crippen molar-refractivity contribution in [2.75, 3.05) is 6.54 Å². The second-order valence-corrected chi connectivity index (χ2v) is 3.19. The summed E-state index contributed by atoms with van der Waals surface area (Å²) in [5.41, 5.74) is -0.0481. The molecule has 72 valence electrons. The average molecular weight is 181 g/mol. The van der Waals surface area contributed by atoms with Crippen LogP contribution in [-0.4, -0.2) is 22.4 Å². The largest absolute Gasteiger partial charge is 0.313 e.